The van der Waals surface area contributed by atoms with Crippen LogP contribution in [0.1, 0.15) is 15.9 Å². The quantitative estimate of drug-likeness (QED) is 0.328. The number of rotatable bonds is 6. The first kappa shape index (κ1) is 24.5. The van der Waals surface area contributed by atoms with Crippen molar-refractivity contribution in [2.45, 2.75) is 6.54 Å². The first-order valence-corrected chi connectivity index (χ1v) is 13.0. The van der Waals surface area contributed by atoms with Crippen molar-refractivity contribution in [3.8, 4) is 0 Å². The lowest BCUT2D eigenvalue weighted by Gasteiger charge is -2.27. The molecule has 8 nitrogen and oxygen atoms in total. The molecule has 0 radical (unpaired) electrons. The van der Waals surface area contributed by atoms with E-state index in [1.807, 2.05) is 29.0 Å². The zero-order valence-electron chi connectivity index (χ0n) is 19.2. The van der Waals surface area contributed by atoms with Gasteiger partial charge >= 0.3 is 0 Å². The summed E-state index contributed by atoms with van der Waals surface area (Å²) >= 11 is 4.30. The Kier molecular flexibility index (Phi) is 7.08. The molecule has 2 saturated heterocycles. The van der Waals surface area contributed by atoms with Gasteiger partial charge in [0.05, 0.1) is 24.7 Å². The number of imide groups is 1. The molecule has 2 aliphatic heterocycles. The third kappa shape index (κ3) is 5.02. The maximum atomic E-state index is 13.1. The van der Waals surface area contributed by atoms with Gasteiger partial charge in [0, 0.05) is 45.8 Å². The summed E-state index contributed by atoms with van der Waals surface area (Å²) in [6.07, 6.45) is 3.47. The van der Waals surface area contributed by atoms with E-state index in [1.165, 1.54) is 0 Å². The van der Waals surface area contributed by atoms with Gasteiger partial charge < -0.3 is 14.2 Å². The van der Waals surface area contributed by atoms with Crippen LogP contribution >= 0.6 is 27.7 Å². The lowest BCUT2D eigenvalue weighted by molar-refractivity contribution is -0.135. The lowest BCUT2D eigenvalue weighted by atomic mass is 10.1. The summed E-state index contributed by atoms with van der Waals surface area (Å²) in [6.45, 7) is 2.02. The number of hydrogen-bond acceptors (Lipinski definition) is 6. The average molecular weight is 568 g/mol. The standard InChI is InChI=1S/C26H22BrN3O5S/c27-19-6-7-21-20(13-19)18(14-29(21)16-24(32)28-8-10-35-11-9-28)12-23-25(33)30(26(34)36-23)15-22(31)17-4-2-1-3-5-17/h1-7,12-14H,8-11,15-16H2/b23-12-. The number of nitrogens with zero attached hydrogens (tertiary/aromatic N) is 3. The number of carbonyl (C=O) groups excluding carboxylic acids is 4. The first-order chi connectivity index (χ1) is 17.4. The lowest BCUT2D eigenvalue weighted by Crippen LogP contribution is -2.42. The van der Waals surface area contributed by atoms with Gasteiger partial charge in [0.2, 0.25) is 5.91 Å². The monoisotopic (exact) mass is 567 g/mol. The summed E-state index contributed by atoms with van der Waals surface area (Å²) in [5.41, 5.74) is 1.99. The number of ketones is 1. The Morgan fingerprint density at radius 1 is 1.03 bits per heavy atom. The van der Waals surface area contributed by atoms with E-state index in [-0.39, 0.29) is 29.7 Å². The summed E-state index contributed by atoms with van der Waals surface area (Å²) in [5, 5.41) is 0.356. The van der Waals surface area contributed by atoms with Gasteiger partial charge in [0.25, 0.3) is 11.1 Å². The predicted molar refractivity (Wildman–Crippen MR) is 140 cm³/mol. The predicted octanol–water partition coefficient (Wildman–Crippen LogP) is 4.18. The van der Waals surface area contributed by atoms with E-state index in [0.717, 1.165) is 32.0 Å². The van der Waals surface area contributed by atoms with E-state index in [9.17, 15) is 19.2 Å². The van der Waals surface area contributed by atoms with Crippen LogP contribution in [0.25, 0.3) is 17.0 Å². The molecule has 0 aliphatic carbocycles. The second kappa shape index (κ2) is 10.4. The van der Waals surface area contributed by atoms with Crippen molar-refractivity contribution in [1.82, 2.24) is 14.4 Å². The number of carbonyl (C=O) groups is 4. The summed E-state index contributed by atoms with van der Waals surface area (Å²) in [5.74, 6) is -0.819. The van der Waals surface area contributed by atoms with Crippen LogP contribution < -0.4 is 0 Å². The van der Waals surface area contributed by atoms with Gasteiger partial charge in [0.15, 0.2) is 5.78 Å². The Bertz CT molecular complexity index is 1400. The fourth-order valence-corrected chi connectivity index (χ4v) is 5.43. The van der Waals surface area contributed by atoms with E-state index in [2.05, 4.69) is 15.9 Å². The van der Waals surface area contributed by atoms with Gasteiger partial charge in [0.1, 0.15) is 6.54 Å². The molecule has 184 valence electrons. The molecule has 3 aromatic rings. The van der Waals surface area contributed by atoms with Gasteiger partial charge in [-0.25, -0.2) is 0 Å². The second-order valence-electron chi connectivity index (χ2n) is 8.42. The van der Waals surface area contributed by atoms with Crippen LogP contribution in [0.4, 0.5) is 4.79 Å². The molecule has 3 amide bonds. The number of thioether (sulfide) groups is 1. The van der Waals surface area contributed by atoms with Crippen molar-refractivity contribution in [2.75, 3.05) is 32.8 Å². The molecule has 2 aliphatic rings. The molecule has 2 fully saturated rings. The molecule has 0 N–H and O–H groups in total. The highest BCUT2D eigenvalue weighted by Gasteiger charge is 2.36. The van der Waals surface area contributed by atoms with E-state index < -0.39 is 11.1 Å². The van der Waals surface area contributed by atoms with E-state index in [1.54, 1.807) is 41.3 Å². The van der Waals surface area contributed by atoms with Crippen LogP contribution in [0.5, 0.6) is 0 Å². The van der Waals surface area contributed by atoms with E-state index in [4.69, 9.17) is 4.74 Å². The van der Waals surface area contributed by atoms with Crippen molar-refractivity contribution < 1.29 is 23.9 Å². The van der Waals surface area contributed by atoms with Crippen molar-refractivity contribution in [3.05, 3.63) is 75.2 Å². The number of halogens is 1. The maximum absolute atomic E-state index is 13.1. The Hall–Kier alpha value is -3.21. The summed E-state index contributed by atoms with van der Waals surface area (Å²) < 4.78 is 8.04. The molecule has 1 aromatic heterocycles. The van der Waals surface area contributed by atoms with E-state index in [0.29, 0.717) is 37.4 Å². The Morgan fingerprint density at radius 3 is 2.53 bits per heavy atom. The number of ether oxygens (including phenoxy) is 1. The SMILES string of the molecule is O=C(CN1C(=O)S/C(=C\c2cn(CC(=O)N3CCOCC3)c3ccc(Br)cc23)C1=O)c1ccccc1. The van der Waals surface area contributed by atoms with Gasteiger partial charge in [-0.05, 0) is 36.0 Å². The van der Waals surface area contributed by atoms with E-state index >= 15 is 0 Å². The fraction of sp³-hybridized carbons (Fsp3) is 0.231. The summed E-state index contributed by atoms with van der Waals surface area (Å²) in [7, 11) is 0. The molecule has 0 unspecified atom stereocenters. The minimum atomic E-state index is -0.505. The van der Waals surface area contributed by atoms with Crippen molar-refractivity contribution in [1.29, 1.82) is 0 Å². The van der Waals surface area contributed by atoms with Crippen LogP contribution in [0.15, 0.2) is 64.1 Å². The van der Waals surface area contributed by atoms with Crippen LogP contribution in [-0.4, -0.2) is 70.1 Å². The normalized spacial score (nSPS) is 17.4. The minimum absolute atomic E-state index is 0.00980. The molecule has 0 bridgehead atoms. The molecule has 5 rings (SSSR count). The molecule has 0 spiro atoms. The van der Waals surface area contributed by atoms with Crippen LogP contribution in [0.2, 0.25) is 0 Å². The molecular weight excluding hydrogens is 546 g/mol. The van der Waals surface area contributed by atoms with Gasteiger partial charge in [-0.15, -0.1) is 0 Å². The highest BCUT2D eigenvalue weighted by Crippen LogP contribution is 2.35. The fourth-order valence-electron chi connectivity index (χ4n) is 4.24. The Labute approximate surface area is 220 Å². The van der Waals surface area contributed by atoms with Crippen LogP contribution in [0, 0.1) is 0 Å². The molecule has 0 saturated carbocycles. The topological polar surface area (TPSA) is 88.9 Å². The second-order valence-corrected chi connectivity index (χ2v) is 10.3. The largest absolute Gasteiger partial charge is 0.378 e. The smallest absolute Gasteiger partial charge is 0.293 e. The number of aromatic nitrogens is 1. The minimum Gasteiger partial charge on any atom is -0.378 e. The Balaban J connectivity index is 1.41. The molecule has 2 aromatic carbocycles. The van der Waals surface area contributed by atoms with Gasteiger partial charge in [-0.3, -0.25) is 24.1 Å². The zero-order chi connectivity index (χ0) is 25.2. The summed E-state index contributed by atoms with van der Waals surface area (Å²) in [6, 6.07) is 14.3. The zero-order valence-corrected chi connectivity index (χ0v) is 21.6. The average Bonchev–Trinajstić information content (AvgIpc) is 3.35. The number of morpholine rings is 1. The number of amides is 3. The van der Waals surface area contributed by atoms with Gasteiger partial charge in [-0.1, -0.05) is 46.3 Å². The molecule has 36 heavy (non-hydrogen) atoms. The van der Waals surface area contributed by atoms with Crippen LogP contribution in [-0.2, 0) is 20.9 Å². The van der Waals surface area contributed by atoms with Crippen molar-refractivity contribution >= 4 is 67.5 Å². The van der Waals surface area contributed by atoms with Crippen LogP contribution in [0.3, 0.4) is 0 Å². The Morgan fingerprint density at radius 2 is 1.78 bits per heavy atom. The third-order valence-corrected chi connectivity index (χ3v) is 7.50. The van der Waals surface area contributed by atoms with Crippen molar-refractivity contribution in [2.24, 2.45) is 0 Å². The number of benzene rings is 2. The molecule has 10 heteroatoms. The number of fused-ring (bicyclic) bond motifs is 1. The summed E-state index contributed by atoms with van der Waals surface area (Å²) in [4.78, 5) is 54.1. The third-order valence-electron chi connectivity index (χ3n) is 6.10. The maximum Gasteiger partial charge on any atom is 0.293 e. The molecule has 0 atom stereocenters. The molecular formula is C26H22BrN3O5S. The highest BCUT2D eigenvalue weighted by molar-refractivity contribution is 9.10. The first-order valence-electron chi connectivity index (χ1n) is 11.4. The number of Topliss-reactive ketones (excluding diaryl/α,β-unsaturated/α-hetero) is 1. The van der Waals surface area contributed by atoms with Gasteiger partial charge in [-0.2, -0.15) is 0 Å². The molecule has 3 heterocycles. The highest BCUT2D eigenvalue weighted by atomic mass is 79.9. The number of hydrogen-bond donors (Lipinski definition) is 0. The van der Waals surface area contributed by atoms with Crippen molar-refractivity contribution in [3.63, 3.8) is 0 Å².